The van der Waals surface area contributed by atoms with Crippen LogP contribution in [0.4, 0.5) is 4.79 Å². The van der Waals surface area contributed by atoms with Gasteiger partial charge in [0.25, 0.3) is 0 Å². The van der Waals surface area contributed by atoms with Gasteiger partial charge in [-0.25, -0.2) is 13.2 Å². The second-order valence-corrected chi connectivity index (χ2v) is 8.95. The van der Waals surface area contributed by atoms with Crippen molar-refractivity contribution in [3.05, 3.63) is 28.7 Å². The van der Waals surface area contributed by atoms with Crippen molar-refractivity contribution in [3.63, 3.8) is 0 Å². The van der Waals surface area contributed by atoms with Gasteiger partial charge < -0.3 is 14.7 Å². The fourth-order valence-electron chi connectivity index (χ4n) is 3.18. The lowest BCUT2D eigenvalue weighted by Crippen LogP contribution is -2.58. The number of ether oxygens (including phenoxy) is 1. The second kappa shape index (κ2) is 6.62. The molecule has 0 saturated carbocycles. The summed E-state index contributed by atoms with van der Waals surface area (Å²) in [4.78, 5) is 12.6. The van der Waals surface area contributed by atoms with Crippen LogP contribution in [-0.4, -0.2) is 67.2 Å². The van der Waals surface area contributed by atoms with Crippen LogP contribution in [-0.2, 0) is 14.8 Å². The molecule has 1 spiro atoms. The molecule has 9 heteroatoms. The van der Waals surface area contributed by atoms with E-state index in [1.54, 1.807) is 24.3 Å². The average Bonchev–Trinajstić information content (AvgIpc) is 2.56. The summed E-state index contributed by atoms with van der Waals surface area (Å²) in [7, 11) is -3.58. The van der Waals surface area contributed by atoms with Gasteiger partial charge in [-0.05, 0) is 37.1 Å². The molecule has 24 heavy (non-hydrogen) atoms. The molecule has 2 aliphatic heterocycles. The first kappa shape index (κ1) is 17.7. The Morgan fingerprint density at radius 3 is 2.38 bits per heavy atom. The van der Waals surface area contributed by atoms with E-state index in [0.29, 0.717) is 39.1 Å². The summed E-state index contributed by atoms with van der Waals surface area (Å²) in [5.74, 6) is 0. The molecule has 2 heterocycles. The Balaban J connectivity index is 1.76. The van der Waals surface area contributed by atoms with Crippen LogP contribution in [0.2, 0.25) is 0 Å². The standard InChI is InChI=1S/C15H19BrN2O5S/c16-12-1-3-13(4-2-12)24(21,22)18-9-10-23-15(11-18)5-7-17(8-6-15)14(19)20/h1-4H,5-11H2,(H,19,20). The number of rotatable bonds is 2. The summed E-state index contributed by atoms with van der Waals surface area (Å²) < 4.78 is 33.9. The Hall–Kier alpha value is -1.16. The van der Waals surface area contributed by atoms with Crippen molar-refractivity contribution in [3.8, 4) is 0 Å². The first-order chi connectivity index (χ1) is 11.3. The van der Waals surface area contributed by atoms with E-state index >= 15 is 0 Å². The average molecular weight is 419 g/mol. The van der Waals surface area contributed by atoms with Gasteiger partial charge in [0.1, 0.15) is 0 Å². The molecule has 0 radical (unpaired) electrons. The molecule has 3 rings (SSSR count). The first-order valence-corrected chi connectivity index (χ1v) is 9.93. The van der Waals surface area contributed by atoms with Crippen LogP contribution >= 0.6 is 15.9 Å². The Labute approximate surface area is 149 Å². The minimum atomic E-state index is -3.58. The highest BCUT2D eigenvalue weighted by Crippen LogP contribution is 2.32. The van der Waals surface area contributed by atoms with Crippen molar-refractivity contribution in [2.24, 2.45) is 0 Å². The van der Waals surface area contributed by atoms with Gasteiger partial charge >= 0.3 is 6.09 Å². The third-order valence-electron chi connectivity index (χ3n) is 4.61. The molecule has 1 aromatic carbocycles. The minimum absolute atomic E-state index is 0.255. The van der Waals surface area contributed by atoms with E-state index in [-0.39, 0.29) is 11.4 Å². The summed E-state index contributed by atoms with van der Waals surface area (Å²) in [6, 6.07) is 6.56. The van der Waals surface area contributed by atoms with Crippen LogP contribution in [0.5, 0.6) is 0 Å². The smallest absolute Gasteiger partial charge is 0.407 e. The van der Waals surface area contributed by atoms with Gasteiger partial charge in [0.2, 0.25) is 10.0 Å². The van der Waals surface area contributed by atoms with Gasteiger partial charge in [-0.2, -0.15) is 4.31 Å². The van der Waals surface area contributed by atoms with Crippen molar-refractivity contribution >= 4 is 32.0 Å². The maximum absolute atomic E-state index is 12.8. The predicted molar refractivity (Wildman–Crippen MR) is 90.4 cm³/mol. The number of sulfonamides is 1. The maximum atomic E-state index is 12.8. The molecule has 2 fully saturated rings. The zero-order valence-corrected chi connectivity index (χ0v) is 15.4. The molecule has 0 atom stereocenters. The highest BCUT2D eigenvalue weighted by Gasteiger charge is 2.43. The first-order valence-electron chi connectivity index (χ1n) is 7.70. The lowest BCUT2D eigenvalue weighted by molar-refractivity contribution is -0.116. The third kappa shape index (κ3) is 3.44. The largest absolute Gasteiger partial charge is 0.465 e. The summed E-state index contributed by atoms with van der Waals surface area (Å²) in [5, 5.41) is 9.05. The quantitative estimate of drug-likeness (QED) is 0.792. The summed E-state index contributed by atoms with van der Waals surface area (Å²) >= 11 is 3.30. The van der Waals surface area contributed by atoms with Gasteiger partial charge in [-0.1, -0.05) is 15.9 Å². The zero-order chi connectivity index (χ0) is 17.4. The van der Waals surface area contributed by atoms with Crippen LogP contribution in [0.25, 0.3) is 0 Å². The Bertz CT molecular complexity index is 714. The minimum Gasteiger partial charge on any atom is -0.465 e. The number of piperidine rings is 1. The highest BCUT2D eigenvalue weighted by molar-refractivity contribution is 9.10. The number of likely N-dealkylation sites (tertiary alicyclic amines) is 1. The van der Waals surface area contributed by atoms with Crippen molar-refractivity contribution < 1.29 is 23.1 Å². The van der Waals surface area contributed by atoms with Gasteiger partial charge in [0.15, 0.2) is 0 Å². The normalized spacial score (nSPS) is 21.8. The molecule has 0 aliphatic carbocycles. The number of halogens is 1. The van der Waals surface area contributed by atoms with Crippen molar-refractivity contribution in [2.75, 3.05) is 32.8 Å². The van der Waals surface area contributed by atoms with Crippen LogP contribution in [0, 0.1) is 0 Å². The van der Waals surface area contributed by atoms with Gasteiger partial charge in [-0.15, -0.1) is 0 Å². The van der Waals surface area contributed by atoms with Crippen LogP contribution in [0.15, 0.2) is 33.6 Å². The summed E-state index contributed by atoms with van der Waals surface area (Å²) in [6.45, 7) is 1.62. The fraction of sp³-hybridized carbons (Fsp3) is 0.533. The van der Waals surface area contributed by atoms with Crippen molar-refractivity contribution in [2.45, 2.75) is 23.3 Å². The van der Waals surface area contributed by atoms with Crippen LogP contribution in [0.1, 0.15) is 12.8 Å². The summed E-state index contributed by atoms with van der Waals surface area (Å²) in [5.41, 5.74) is -0.591. The van der Waals surface area contributed by atoms with Gasteiger partial charge in [0.05, 0.1) is 17.1 Å². The van der Waals surface area contributed by atoms with Crippen LogP contribution < -0.4 is 0 Å². The van der Waals surface area contributed by atoms with Crippen molar-refractivity contribution in [1.82, 2.24) is 9.21 Å². The molecule has 1 N–H and O–H groups in total. The maximum Gasteiger partial charge on any atom is 0.407 e. The number of morpholine rings is 1. The molecule has 2 aliphatic rings. The molecular weight excluding hydrogens is 400 g/mol. The topological polar surface area (TPSA) is 87.2 Å². The van der Waals surface area contributed by atoms with Gasteiger partial charge in [0, 0.05) is 30.7 Å². The highest BCUT2D eigenvalue weighted by atomic mass is 79.9. The Kier molecular flexibility index (Phi) is 4.87. The molecule has 132 valence electrons. The summed E-state index contributed by atoms with van der Waals surface area (Å²) in [6.07, 6.45) is 0.0668. The molecule has 0 unspecified atom stereocenters. The molecule has 1 aromatic rings. The molecule has 2 saturated heterocycles. The fourth-order valence-corrected chi connectivity index (χ4v) is 4.94. The van der Waals surface area contributed by atoms with Gasteiger partial charge in [-0.3, -0.25) is 0 Å². The zero-order valence-electron chi connectivity index (χ0n) is 13.0. The lowest BCUT2D eigenvalue weighted by atomic mass is 9.90. The van der Waals surface area contributed by atoms with Crippen molar-refractivity contribution in [1.29, 1.82) is 0 Å². The molecule has 0 aromatic heterocycles. The Morgan fingerprint density at radius 2 is 1.79 bits per heavy atom. The lowest BCUT2D eigenvalue weighted by Gasteiger charge is -2.46. The molecular formula is C15H19BrN2O5S. The molecule has 7 nitrogen and oxygen atoms in total. The number of hydrogen-bond donors (Lipinski definition) is 1. The van der Waals surface area contributed by atoms with E-state index < -0.39 is 21.7 Å². The number of amides is 1. The molecule has 0 bridgehead atoms. The second-order valence-electron chi connectivity index (χ2n) is 6.09. The van der Waals surface area contributed by atoms with E-state index in [9.17, 15) is 13.2 Å². The van der Waals surface area contributed by atoms with E-state index in [1.807, 2.05) is 0 Å². The number of benzene rings is 1. The SMILES string of the molecule is O=C(O)N1CCC2(CC1)CN(S(=O)(=O)c1ccc(Br)cc1)CCO2. The molecule has 1 amide bonds. The number of hydrogen-bond acceptors (Lipinski definition) is 4. The number of nitrogens with zero attached hydrogens (tertiary/aromatic N) is 2. The number of carbonyl (C=O) groups is 1. The number of carboxylic acid groups (broad SMARTS) is 1. The Morgan fingerprint density at radius 1 is 1.17 bits per heavy atom. The van der Waals surface area contributed by atoms with E-state index in [0.717, 1.165) is 4.47 Å². The predicted octanol–water partition coefficient (Wildman–Crippen LogP) is 1.98. The monoisotopic (exact) mass is 418 g/mol. The van der Waals surface area contributed by atoms with Crippen LogP contribution in [0.3, 0.4) is 0 Å². The van der Waals surface area contributed by atoms with E-state index in [2.05, 4.69) is 15.9 Å². The third-order valence-corrected chi connectivity index (χ3v) is 7.00. The van der Waals surface area contributed by atoms with E-state index in [4.69, 9.17) is 9.84 Å². The van der Waals surface area contributed by atoms with E-state index in [1.165, 1.54) is 9.21 Å².